The molecule has 90 heavy (non-hydrogen) atoms. The molecule has 32 heteroatoms. The van der Waals surface area contributed by atoms with Crippen LogP contribution in [0.4, 0.5) is 0 Å². The second-order valence-corrected chi connectivity index (χ2v) is 23.4. The van der Waals surface area contributed by atoms with Crippen LogP contribution in [0.5, 0.6) is 0 Å². The summed E-state index contributed by atoms with van der Waals surface area (Å²) >= 11 is 1.29. The van der Waals surface area contributed by atoms with Crippen molar-refractivity contribution in [2.45, 2.75) is 192 Å². The van der Waals surface area contributed by atoms with Gasteiger partial charge in [0.1, 0.15) is 24.5 Å². The standard InChI is InChI=1S/C58H90N8O23S/c1-6-60-47(72)17-16-43(68)33(4)62-56(86)36(31-90-5)26-37(67)29-61-57(87)41(25-32(2)3)65-58(88)42-9-7-23-66(42)48(73)30-89-24-8-10-44(69)39(14-21-52(80)81)63-55(85)35(12-19-50(76)77)28-46(71)40(15-22-53(82)83)64-54(84)34(11-18-49(74)75)27-45(70)38(59)13-20-51(78)79/h32-36,38-42H,6-31,59H2,1-5H3,(H,60,72)(H,61,87)(H,62,86)(H,63,85)(H,64,84)(H,65,88)(H,74,75)(H,76,77)(H,78,79)(H,80,81)(H,82,83)/t33-,34-,35-,36?,38+,39+,40+,41?,42-/m0/s1. The van der Waals surface area contributed by atoms with E-state index in [0.717, 1.165) is 0 Å². The molecular formula is C58H90N8O23S. The molecule has 0 bridgehead atoms. The Balaban J connectivity index is 3.07. The molecule has 0 radical (unpaired) electrons. The average Bonchev–Trinajstić information content (AvgIpc) is 3.17. The Morgan fingerprint density at radius 3 is 1.59 bits per heavy atom. The van der Waals surface area contributed by atoms with Gasteiger partial charge in [-0.3, -0.25) is 81.5 Å². The molecule has 1 aliphatic rings. The van der Waals surface area contributed by atoms with Crippen molar-refractivity contribution in [3.05, 3.63) is 0 Å². The molecular weight excluding hydrogens is 1210 g/mol. The number of hydrogen-bond acceptors (Lipinski definition) is 20. The monoisotopic (exact) mass is 1300 g/mol. The third kappa shape index (κ3) is 33.2. The first-order valence-corrected chi connectivity index (χ1v) is 31.3. The fourth-order valence-corrected chi connectivity index (χ4v) is 10.2. The summed E-state index contributed by atoms with van der Waals surface area (Å²) in [5.74, 6) is -19.0. The molecule has 2 unspecified atom stereocenters. The van der Waals surface area contributed by atoms with E-state index >= 15 is 0 Å². The third-order valence-electron chi connectivity index (χ3n) is 14.5. The number of ether oxygens (including phenoxy) is 1. The van der Waals surface area contributed by atoms with Gasteiger partial charge in [0.15, 0.2) is 23.1 Å². The number of likely N-dealkylation sites (tertiary alicyclic amines) is 1. The van der Waals surface area contributed by atoms with E-state index in [0.29, 0.717) is 13.0 Å². The van der Waals surface area contributed by atoms with Crippen LogP contribution in [0.3, 0.4) is 0 Å². The van der Waals surface area contributed by atoms with E-state index in [9.17, 15) is 102 Å². The smallest absolute Gasteiger partial charge is 0.303 e. The van der Waals surface area contributed by atoms with Crippen LogP contribution < -0.4 is 37.6 Å². The average molecular weight is 1300 g/mol. The number of carbonyl (C=O) groups is 17. The van der Waals surface area contributed by atoms with Crippen molar-refractivity contribution in [2.75, 3.05) is 44.9 Å². The van der Waals surface area contributed by atoms with Crippen molar-refractivity contribution in [3.63, 3.8) is 0 Å². The van der Waals surface area contributed by atoms with Gasteiger partial charge in [0.05, 0.1) is 36.6 Å². The summed E-state index contributed by atoms with van der Waals surface area (Å²) in [6, 6.07) is -7.66. The van der Waals surface area contributed by atoms with Gasteiger partial charge in [-0.1, -0.05) is 13.8 Å². The number of aliphatic carboxylic acids is 5. The van der Waals surface area contributed by atoms with Crippen LogP contribution in [0, 0.1) is 23.7 Å². The summed E-state index contributed by atoms with van der Waals surface area (Å²) in [5, 5.41) is 61.8. The predicted molar refractivity (Wildman–Crippen MR) is 319 cm³/mol. The summed E-state index contributed by atoms with van der Waals surface area (Å²) in [4.78, 5) is 218. The van der Waals surface area contributed by atoms with Crippen molar-refractivity contribution >= 4 is 112 Å². The topological polar surface area (TPSA) is 502 Å². The zero-order valence-corrected chi connectivity index (χ0v) is 52.5. The van der Waals surface area contributed by atoms with Crippen molar-refractivity contribution in [1.82, 2.24) is 36.8 Å². The van der Waals surface area contributed by atoms with Crippen LogP contribution in [0.2, 0.25) is 0 Å². The highest BCUT2D eigenvalue weighted by Gasteiger charge is 2.38. The lowest BCUT2D eigenvalue weighted by Gasteiger charge is -2.27. The second-order valence-electron chi connectivity index (χ2n) is 22.4. The summed E-state index contributed by atoms with van der Waals surface area (Å²) in [6.45, 7) is 6.10. The van der Waals surface area contributed by atoms with Gasteiger partial charge in [0, 0.05) is 108 Å². The van der Waals surface area contributed by atoms with Gasteiger partial charge in [0.25, 0.3) is 0 Å². The molecule has 1 saturated heterocycles. The summed E-state index contributed by atoms with van der Waals surface area (Å²) < 4.78 is 5.55. The van der Waals surface area contributed by atoms with Gasteiger partial charge in [-0.25, -0.2) is 0 Å². The number of ketones is 5. The van der Waals surface area contributed by atoms with E-state index in [1.54, 1.807) is 27.0 Å². The van der Waals surface area contributed by atoms with Gasteiger partial charge < -0.3 is 72.8 Å². The Kier molecular flexibility index (Phi) is 38.4. The molecule has 1 rings (SSSR count). The molecule has 0 aromatic carbocycles. The number of thioether (sulfide) groups is 1. The summed E-state index contributed by atoms with van der Waals surface area (Å²) in [7, 11) is 0. The normalized spacial score (nSPS) is 15.5. The van der Waals surface area contributed by atoms with E-state index in [1.807, 2.05) is 0 Å². The zero-order chi connectivity index (χ0) is 68.2. The molecule has 0 aromatic rings. The molecule has 1 aliphatic heterocycles. The number of amides is 7. The Labute approximate surface area is 525 Å². The Morgan fingerprint density at radius 1 is 0.556 bits per heavy atom. The highest BCUT2D eigenvalue weighted by Crippen LogP contribution is 2.22. The molecule has 0 saturated carbocycles. The van der Waals surface area contributed by atoms with E-state index in [1.165, 1.54) is 23.6 Å². The molecule has 1 fully saturated rings. The maximum Gasteiger partial charge on any atom is 0.303 e. The first-order chi connectivity index (χ1) is 42.3. The highest BCUT2D eigenvalue weighted by atomic mass is 32.2. The van der Waals surface area contributed by atoms with Crippen LogP contribution in [0.15, 0.2) is 0 Å². The predicted octanol–water partition coefficient (Wildman–Crippen LogP) is -0.309. The maximum atomic E-state index is 13.9. The molecule has 1 heterocycles. The van der Waals surface area contributed by atoms with Crippen molar-refractivity contribution < 1.29 is 112 Å². The minimum absolute atomic E-state index is 0.0467. The number of carboxylic acid groups (broad SMARTS) is 5. The number of Topliss-reactive ketones (excluding diaryl/α,β-unsaturated/α-hetero) is 5. The molecule has 7 amide bonds. The van der Waals surface area contributed by atoms with Crippen molar-refractivity contribution in [2.24, 2.45) is 29.4 Å². The molecule has 13 N–H and O–H groups in total. The van der Waals surface area contributed by atoms with Crippen LogP contribution >= 0.6 is 11.8 Å². The fraction of sp³-hybridized carbons (Fsp3) is 0.707. The zero-order valence-electron chi connectivity index (χ0n) is 51.7. The molecule has 31 nitrogen and oxygen atoms in total. The Hall–Kier alpha value is -7.74. The van der Waals surface area contributed by atoms with E-state index in [4.69, 9.17) is 15.6 Å². The van der Waals surface area contributed by atoms with Crippen LogP contribution in [0.25, 0.3) is 0 Å². The summed E-state index contributed by atoms with van der Waals surface area (Å²) in [5.41, 5.74) is 5.80. The minimum atomic E-state index is -1.71. The van der Waals surface area contributed by atoms with Gasteiger partial charge in [0.2, 0.25) is 41.4 Å². The quantitative estimate of drug-likeness (QED) is 0.0348. The lowest BCUT2D eigenvalue weighted by Crippen LogP contribution is -2.54. The number of nitrogens with two attached hydrogens (primary N) is 1. The molecule has 506 valence electrons. The number of nitrogens with zero attached hydrogens (tertiary/aromatic N) is 1. The summed E-state index contributed by atoms with van der Waals surface area (Å²) in [6.07, 6.45) is -5.57. The SMILES string of the molecule is CCNC(=O)CCC(=O)[C@H](C)NC(=O)C(CSC)CC(=O)CNC(=O)C(CC(C)C)NC(=O)[C@@H]1CCCN1C(=O)COCCCC(=O)[C@@H](CCC(=O)O)NC(=O)[C@@H](CCC(=O)O)CC(=O)[C@@H](CCC(=O)O)NC(=O)[C@@H](CCC(=O)O)CC(=O)[C@H](N)CCC(=O)O. The van der Waals surface area contributed by atoms with E-state index in [-0.39, 0.29) is 87.9 Å². The Bertz CT molecular complexity index is 2550. The fourth-order valence-electron chi connectivity index (χ4n) is 9.52. The molecule has 9 atom stereocenters. The lowest BCUT2D eigenvalue weighted by atomic mass is 9.89. The first-order valence-electron chi connectivity index (χ1n) is 29.9. The van der Waals surface area contributed by atoms with Crippen molar-refractivity contribution in [1.29, 1.82) is 0 Å². The largest absolute Gasteiger partial charge is 0.481 e. The Morgan fingerprint density at radius 2 is 1.07 bits per heavy atom. The second kappa shape index (κ2) is 43.1. The van der Waals surface area contributed by atoms with Gasteiger partial charge >= 0.3 is 29.8 Å². The van der Waals surface area contributed by atoms with E-state index in [2.05, 4.69) is 31.9 Å². The third-order valence-corrected chi connectivity index (χ3v) is 15.2. The number of hydrogen-bond donors (Lipinski definition) is 12. The van der Waals surface area contributed by atoms with E-state index < -0.39 is 226 Å². The molecule has 0 aliphatic carbocycles. The van der Waals surface area contributed by atoms with Crippen LogP contribution in [-0.2, 0) is 86.2 Å². The van der Waals surface area contributed by atoms with Gasteiger partial charge in [-0.2, -0.15) is 11.8 Å². The number of nitrogens with one attached hydrogen (secondary N) is 6. The van der Waals surface area contributed by atoms with Gasteiger partial charge in [-0.15, -0.1) is 0 Å². The number of carboxylic acids is 5. The van der Waals surface area contributed by atoms with Crippen LogP contribution in [-0.4, -0.2) is 212 Å². The molecule has 0 spiro atoms. The number of rotatable bonds is 50. The highest BCUT2D eigenvalue weighted by molar-refractivity contribution is 7.98. The minimum Gasteiger partial charge on any atom is -0.481 e. The lowest BCUT2D eigenvalue weighted by molar-refractivity contribution is -0.143. The van der Waals surface area contributed by atoms with Crippen molar-refractivity contribution in [3.8, 4) is 0 Å². The maximum absolute atomic E-state index is 13.9. The number of carbonyl (C=O) groups excluding carboxylic acids is 12. The molecule has 0 aromatic heterocycles. The van der Waals surface area contributed by atoms with Crippen LogP contribution in [0.1, 0.15) is 156 Å². The first kappa shape index (κ1) is 80.3. The van der Waals surface area contributed by atoms with Gasteiger partial charge in [-0.05, 0) is 83.8 Å².